The highest BCUT2D eigenvalue weighted by molar-refractivity contribution is 14.1. The summed E-state index contributed by atoms with van der Waals surface area (Å²) >= 11 is 2.31. The first kappa shape index (κ1) is 12.0. The van der Waals surface area contributed by atoms with Crippen molar-refractivity contribution in [1.29, 1.82) is 0 Å². The van der Waals surface area contributed by atoms with Gasteiger partial charge in [0.15, 0.2) is 0 Å². The predicted molar refractivity (Wildman–Crippen MR) is 78.8 cm³/mol. The Bertz CT molecular complexity index is 365. The van der Waals surface area contributed by atoms with Crippen LogP contribution in [0.15, 0.2) is 18.2 Å². The summed E-state index contributed by atoms with van der Waals surface area (Å²) in [5.74, 6) is 0. The predicted octanol–water partition coefficient (Wildman–Crippen LogP) is 3.64. The molecule has 3 heteroatoms. The molecule has 1 saturated heterocycles. The van der Waals surface area contributed by atoms with Gasteiger partial charge in [0, 0.05) is 16.2 Å². The molecule has 2 nitrogen and oxygen atoms in total. The molecule has 0 aromatic heterocycles. The number of hydrogen-bond acceptors (Lipinski definition) is 2. The molecule has 1 fully saturated rings. The Hall–Kier alpha value is -0.450. The van der Waals surface area contributed by atoms with Crippen LogP contribution in [0.4, 0.5) is 11.4 Å². The van der Waals surface area contributed by atoms with Crippen LogP contribution in [-0.2, 0) is 0 Å². The standard InChI is InChI=1S/C13H19IN2/c1-10-5-3-2-4-8-16(10)13-7-6-11(14)9-12(13)15/h6-7,9-10H,2-5,8,15H2,1H3. The summed E-state index contributed by atoms with van der Waals surface area (Å²) in [6.45, 7) is 3.45. The van der Waals surface area contributed by atoms with Crippen LogP contribution in [-0.4, -0.2) is 12.6 Å². The number of nitrogens with two attached hydrogens (primary N) is 1. The Kier molecular flexibility index (Phi) is 3.95. The molecular formula is C13H19IN2. The first-order valence-electron chi connectivity index (χ1n) is 6.00. The second-order valence-electron chi connectivity index (χ2n) is 4.59. The zero-order valence-electron chi connectivity index (χ0n) is 9.75. The summed E-state index contributed by atoms with van der Waals surface area (Å²) in [5.41, 5.74) is 8.25. The van der Waals surface area contributed by atoms with Crippen molar-refractivity contribution in [3.05, 3.63) is 21.8 Å². The summed E-state index contributed by atoms with van der Waals surface area (Å²) in [7, 11) is 0. The quantitative estimate of drug-likeness (QED) is 0.629. The lowest BCUT2D eigenvalue weighted by molar-refractivity contribution is 0.616. The van der Waals surface area contributed by atoms with Gasteiger partial charge in [-0.25, -0.2) is 0 Å². The van der Waals surface area contributed by atoms with Gasteiger partial charge in [0.25, 0.3) is 0 Å². The van der Waals surface area contributed by atoms with E-state index in [-0.39, 0.29) is 0 Å². The van der Waals surface area contributed by atoms with Gasteiger partial charge < -0.3 is 10.6 Å². The van der Waals surface area contributed by atoms with Gasteiger partial charge in [0.1, 0.15) is 0 Å². The molecule has 1 heterocycles. The molecule has 2 N–H and O–H groups in total. The monoisotopic (exact) mass is 330 g/mol. The van der Waals surface area contributed by atoms with E-state index in [1.807, 2.05) is 0 Å². The summed E-state index contributed by atoms with van der Waals surface area (Å²) in [5, 5.41) is 0. The number of anilines is 2. The van der Waals surface area contributed by atoms with Crippen molar-refractivity contribution in [1.82, 2.24) is 0 Å². The molecule has 1 aliphatic heterocycles. The van der Waals surface area contributed by atoms with E-state index in [2.05, 4.69) is 52.6 Å². The Morgan fingerprint density at radius 2 is 2.12 bits per heavy atom. The zero-order chi connectivity index (χ0) is 11.5. The summed E-state index contributed by atoms with van der Waals surface area (Å²) in [6.07, 6.45) is 5.27. The number of hydrogen-bond donors (Lipinski definition) is 1. The number of benzene rings is 1. The molecule has 1 atom stereocenters. The van der Waals surface area contributed by atoms with E-state index < -0.39 is 0 Å². The smallest absolute Gasteiger partial charge is 0.0603 e. The molecule has 1 aliphatic rings. The second-order valence-corrected chi connectivity index (χ2v) is 5.84. The van der Waals surface area contributed by atoms with E-state index in [1.165, 1.54) is 34.9 Å². The lowest BCUT2D eigenvalue weighted by Crippen LogP contribution is -2.33. The normalized spacial score (nSPS) is 21.9. The van der Waals surface area contributed by atoms with Gasteiger partial charge >= 0.3 is 0 Å². The molecule has 0 bridgehead atoms. The van der Waals surface area contributed by atoms with Gasteiger partial charge in [-0.05, 0) is 60.6 Å². The molecule has 2 rings (SSSR count). The van der Waals surface area contributed by atoms with Gasteiger partial charge in [0.05, 0.1) is 11.4 Å². The summed E-state index contributed by atoms with van der Waals surface area (Å²) in [6, 6.07) is 6.99. The van der Waals surface area contributed by atoms with Crippen molar-refractivity contribution in [2.75, 3.05) is 17.2 Å². The second kappa shape index (κ2) is 5.25. The van der Waals surface area contributed by atoms with Crippen molar-refractivity contribution in [3.63, 3.8) is 0 Å². The molecule has 0 saturated carbocycles. The van der Waals surface area contributed by atoms with E-state index in [4.69, 9.17) is 5.73 Å². The maximum absolute atomic E-state index is 6.12. The van der Waals surface area contributed by atoms with Crippen LogP contribution in [0.3, 0.4) is 0 Å². The lowest BCUT2D eigenvalue weighted by Gasteiger charge is -2.30. The first-order valence-corrected chi connectivity index (χ1v) is 7.08. The van der Waals surface area contributed by atoms with Gasteiger partial charge in [-0.3, -0.25) is 0 Å². The minimum atomic E-state index is 0.616. The highest BCUT2D eigenvalue weighted by Gasteiger charge is 2.18. The third-order valence-corrected chi connectivity index (χ3v) is 4.02. The van der Waals surface area contributed by atoms with Gasteiger partial charge in [-0.15, -0.1) is 0 Å². The number of rotatable bonds is 1. The molecule has 0 amide bonds. The molecule has 1 unspecified atom stereocenters. The highest BCUT2D eigenvalue weighted by atomic mass is 127. The molecule has 0 radical (unpaired) electrons. The summed E-state index contributed by atoms with van der Waals surface area (Å²) in [4.78, 5) is 2.47. The number of nitrogen functional groups attached to an aromatic ring is 1. The van der Waals surface area contributed by atoms with Crippen molar-refractivity contribution in [3.8, 4) is 0 Å². The minimum Gasteiger partial charge on any atom is -0.397 e. The molecule has 16 heavy (non-hydrogen) atoms. The summed E-state index contributed by atoms with van der Waals surface area (Å²) < 4.78 is 1.21. The fourth-order valence-corrected chi connectivity index (χ4v) is 2.94. The van der Waals surface area contributed by atoms with E-state index in [0.717, 1.165) is 12.2 Å². The van der Waals surface area contributed by atoms with Gasteiger partial charge in [-0.1, -0.05) is 12.8 Å². The van der Waals surface area contributed by atoms with Crippen molar-refractivity contribution < 1.29 is 0 Å². The van der Waals surface area contributed by atoms with E-state index in [0.29, 0.717) is 6.04 Å². The molecular weight excluding hydrogens is 311 g/mol. The average Bonchev–Trinajstić information content (AvgIpc) is 2.44. The third-order valence-electron chi connectivity index (χ3n) is 3.35. The van der Waals surface area contributed by atoms with E-state index >= 15 is 0 Å². The van der Waals surface area contributed by atoms with Crippen LogP contribution in [0.5, 0.6) is 0 Å². The average molecular weight is 330 g/mol. The van der Waals surface area contributed by atoms with Crippen molar-refractivity contribution >= 4 is 34.0 Å². The molecule has 88 valence electrons. The maximum Gasteiger partial charge on any atom is 0.0603 e. The molecule has 0 aliphatic carbocycles. The largest absolute Gasteiger partial charge is 0.397 e. The van der Waals surface area contributed by atoms with E-state index in [1.54, 1.807) is 0 Å². The Labute approximate surface area is 111 Å². The SMILES string of the molecule is CC1CCCCCN1c1ccc(I)cc1N. The van der Waals surface area contributed by atoms with Gasteiger partial charge in [0.2, 0.25) is 0 Å². The molecule has 1 aromatic carbocycles. The fourth-order valence-electron chi connectivity index (χ4n) is 2.42. The minimum absolute atomic E-state index is 0.616. The van der Waals surface area contributed by atoms with Gasteiger partial charge in [-0.2, -0.15) is 0 Å². The zero-order valence-corrected chi connectivity index (χ0v) is 11.9. The number of halogens is 1. The van der Waals surface area contributed by atoms with Crippen LogP contribution >= 0.6 is 22.6 Å². The van der Waals surface area contributed by atoms with E-state index in [9.17, 15) is 0 Å². The van der Waals surface area contributed by atoms with Crippen LogP contribution < -0.4 is 10.6 Å². The Morgan fingerprint density at radius 3 is 2.88 bits per heavy atom. The first-order chi connectivity index (χ1) is 7.68. The third kappa shape index (κ3) is 2.62. The highest BCUT2D eigenvalue weighted by Crippen LogP contribution is 2.30. The maximum atomic E-state index is 6.12. The van der Waals surface area contributed by atoms with Crippen LogP contribution in [0.2, 0.25) is 0 Å². The topological polar surface area (TPSA) is 29.3 Å². The van der Waals surface area contributed by atoms with Crippen LogP contribution in [0, 0.1) is 3.57 Å². The van der Waals surface area contributed by atoms with Crippen LogP contribution in [0.25, 0.3) is 0 Å². The lowest BCUT2D eigenvalue weighted by atomic mass is 10.1. The van der Waals surface area contributed by atoms with Crippen molar-refractivity contribution in [2.24, 2.45) is 0 Å². The Balaban J connectivity index is 2.27. The fraction of sp³-hybridized carbons (Fsp3) is 0.538. The molecule has 0 spiro atoms. The molecule has 1 aromatic rings. The number of nitrogens with zero attached hydrogens (tertiary/aromatic N) is 1. The van der Waals surface area contributed by atoms with Crippen LogP contribution in [0.1, 0.15) is 32.6 Å². The van der Waals surface area contributed by atoms with Crippen molar-refractivity contribution in [2.45, 2.75) is 38.6 Å². The Morgan fingerprint density at radius 1 is 1.31 bits per heavy atom.